The molecule has 148 heavy (non-hydrogen) atoms. The Balaban J connectivity index is 1.01. The Labute approximate surface area is 856 Å². The fraction of sp³-hybridized carbons (Fsp3) is 0.842. The first kappa shape index (κ1) is 124. The zero-order valence-electron chi connectivity index (χ0n) is 84.5. The Kier molecular flexibility index (Phi) is 42.7. The normalized spacial score (nSPS) is 39.1. The molecule has 5 aliphatic heterocycles. The number of amides is 3. The van der Waals surface area contributed by atoms with Crippen LogP contribution in [0.3, 0.4) is 0 Å². The molecule has 10 aliphatic rings. The van der Waals surface area contributed by atoms with E-state index in [1.807, 2.05) is 34.6 Å². The number of thioether (sulfide) groups is 1. The molecule has 10 rings (SSSR count). The van der Waals surface area contributed by atoms with Crippen molar-refractivity contribution >= 4 is 53.6 Å². The van der Waals surface area contributed by atoms with Gasteiger partial charge in [-0.2, -0.15) is 5.10 Å². The van der Waals surface area contributed by atoms with E-state index in [4.69, 9.17) is 66.3 Å². The van der Waals surface area contributed by atoms with Crippen LogP contribution >= 0.6 is 11.8 Å². The van der Waals surface area contributed by atoms with Gasteiger partial charge < -0.3 is 214 Å². The lowest BCUT2D eigenvalue weighted by atomic mass is 9.33. The lowest BCUT2D eigenvalue weighted by Gasteiger charge is -2.71. The first-order valence-electron chi connectivity index (χ1n) is 49.7. The van der Waals surface area contributed by atoms with Crippen LogP contribution in [0.4, 0.5) is 0 Å². The second-order valence-electron chi connectivity index (χ2n) is 42.1. The van der Waals surface area contributed by atoms with E-state index in [9.17, 15) is 172 Å². The first-order valence-corrected chi connectivity index (χ1v) is 50.7. The molecule has 3 amide bonds. The summed E-state index contributed by atoms with van der Waals surface area (Å²) in [4.78, 5) is 83.5. The highest BCUT2D eigenvalue weighted by molar-refractivity contribution is 8.04. The van der Waals surface area contributed by atoms with Gasteiger partial charge in [-0.1, -0.05) is 66.5 Å². The molecule has 52 nitrogen and oxygen atoms in total. The third kappa shape index (κ3) is 26.5. The smallest absolute Gasteiger partial charge is 0.340 e. The number of nitrogens with zero attached hydrogens (tertiary/aromatic N) is 2. The standard InChI is InChI=1S/C95H153N3O49S/c1-14-47(137-87-69(123)74(72(41(6)135-87)136-42(7)105)143-81(128)63(117)56(110)38(3)103)59(113)76(145-85-66(120)61(115)71(40(5)134-85)141-83(130)68(122)70(39(4)104)140-82(129)64(118)57(111)46(106)24-29-99)84(131)147-89(132)95(133)35-94(13)44(43-33-90(8,9)25-21-45(43)95)19-20-51-91(10)26-23-52(92(11,50(91)22-27-93(51,94)12)36-96-97-53(107)18-16-15-17-28-98-54(108)32-49(78(98)124)148-31-30-100)139-88-77(146-86-65(119)60(114)58(112)48(34-101)138-86)73(67(121)75(144-88)79(125)126)142-80(127)62(116)55(109)37(2)102/h19,32,36-41,43,45-48,50-52,55-56,58-63,65-67,69,71-77,80-88,99-104,106,109-123,127-131,133H,14-18,20-31,33-35H2,1-13H3,(H,97,107)(H,125,126)/b64-57-,70-68-,96-36+/t37?,38?,39?,40?,41?,43?,45?,46?,47?,48?,50?,51?,52-,55?,56?,58?,59?,60?,61?,62?,63?,65?,66?,67?,69?,71?,72?,73?,74?,75?,76?,77?,80?,81?,82?,83?,84?,85?,86?,87?,88?,91-,92-,93+,94+,95+/m0/s1. The molecule has 30 N–H and O–H groups in total. The van der Waals surface area contributed by atoms with Gasteiger partial charge >= 0.3 is 17.9 Å². The Morgan fingerprint density at radius 3 is 1.79 bits per heavy atom. The summed E-state index contributed by atoms with van der Waals surface area (Å²) in [6, 6.07) is 0. The quantitative estimate of drug-likeness (QED) is 0.00310. The van der Waals surface area contributed by atoms with Crippen molar-refractivity contribution in [1.29, 1.82) is 0 Å². The Hall–Kier alpha value is -6.24. The van der Waals surface area contributed by atoms with Crippen molar-refractivity contribution < 1.29 is 243 Å². The summed E-state index contributed by atoms with van der Waals surface area (Å²) >= 11 is 1.02. The molecule has 0 bridgehead atoms. The van der Waals surface area contributed by atoms with Gasteiger partial charge in [0.1, 0.15) is 116 Å². The van der Waals surface area contributed by atoms with Gasteiger partial charge in [0.25, 0.3) is 18.1 Å². The van der Waals surface area contributed by atoms with Crippen LogP contribution in [0.15, 0.2) is 50.8 Å². The van der Waals surface area contributed by atoms with Crippen LogP contribution in [0.25, 0.3) is 0 Å². The minimum Gasteiger partial charge on any atom is -0.506 e. The monoisotopic (exact) mass is 2150 g/mol. The lowest BCUT2D eigenvalue weighted by molar-refractivity contribution is -0.386. The van der Waals surface area contributed by atoms with E-state index < -0.39 is 375 Å². The van der Waals surface area contributed by atoms with Crippen molar-refractivity contribution in [3.05, 3.63) is 45.7 Å². The zero-order valence-corrected chi connectivity index (χ0v) is 85.3. The van der Waals surface area contributed by atoms with Gasteiger partial charge in [-0.3, -0.25) is 24.1 Å². The number of carboxylic acids is 1. The van der Waals surface area contributed by atoms with Gasteiger partial charge in [0.2, 0.25) is 24.2 Å². The number of hydrazone groups is 1. The number of carbonyl (C=O) groups is 6. The van der Waals surface area contributed by atoms with Crippen molar-refractivity contribution in [2.24, 2.45) is 55.8 Å². The number of allylic oxidation sites excluding steroid dienone is 2. The first-order chi connectivity index (χ1) is 69.1. The number of nitrogens with one attached hydrogen (secondary N) is 1. The highest BCUT2D eigenvalue weighted by Gasteiger charge is 2.73. The number of aliphatic carboxylic acids is 1. The SMILES string of the molecule is CCC(OC1OC(C)C(OC(C)=O)C(OC(O)C(O)C(O)C(C)O)C1O)C(O)C(OC1OC(C)C(OC(O)/C(O)=C(/OC(O)/C(O)=C(/O)C(O)CCO)C(C)O)C(O)C1O)C(O)OC(=O)[C@@]1(O)C[C@]2(C)C(=CCC3[C@@]4(C)CC[C@H](OC5OC(C(=O)O)C(O)C(OC(O)C(O)C(O)C(C)O)C5OC5OC(CO)C(O)C(O)C5O)[C@@](C)(/C=N/NC(=O)CCCCCN5C(=O)C=C(SCCO)C5=O)C4CC[C@]32C)C2CC(C)(C)CCC21. The molecular formula is C95H153N3O49S. The number of fused-ring (bicyclic) bond motifs is 7. The van der Waals surface area contributed by atoms with Crippen LogP contribution in [-0.2, 0) is 95.1 Å². The summed E-state index contributed by atoms with van der Waals surface area (Å²) in [5.74, 6) is -14.4. The van der Waals surface area contributed by atoms with E-state index in [0.29, 0.717) is 25.7 Å². The highest BCUT2D eigenvalue weighted by atomic mass is 32.2. The van der Waals surface area contributed by atoms with Gasteiger partial charge in [-0.05, 0) is 151 Å². The minimum absolute atomic E-state index is 0.0132. The summed E-state index contributed by atoms with van der Waals surface area (Å²) in [6.07, 6.45) is -75.1. The summed E-state index contributed by atoms with van der Waals surface area (Å²) in [7, 11) is 0. The largest absolute Gasteiger partial charge is 0.506 e. The number of carboxylic acid groups (broad SMARTS) is 1. The second-order valence-corrected chi connectivity index (χ2v) is 43.2. The van der Waals surface area contributed by atoms with E-state index in [1.165, 1.54) is 26.1 Å². The minimum atomic E-state index is -2.89. The number of esters is 2. The second kappa shape index (κ2) is 51.2. The molecule has 46 atom stereocenters. The summed E-state index contributed by atoms with van der Waals surface area (Å²) in [6.45, 7) is 17.4. The van der Waals surface area contributed by atoms with Crippen molar-refractivity contribution in [2.75, 3.05) is 32.1 Å². The van der Waals surface area contributed by atoms with Crippen LogP contribution in [-0.4, -0.2) is 460 Å². The number of carbonyl (C=O) groups excluding carboxylic acids is 5. The Morgan fingerprint density at radius 1 is 0.601 bits per heavy atom. The number of unbranched alkanes of at least 4 members (excludes halogenated alkanes) is 2. The van der Waals surface area contributed by atoms with Gasteiger partial charge in [-0.15, -0.1) is 11.8 Å². The predicted octanol–water partition coefficient (Wildman–Crippen LogP) is -6.10. The third-order valence-corrected chi connectivity index (χ3v) is 32.4. The molecule has 0 aromatic heterocycles. The molecule has 848 valence electrons. The van der Waals surface area contributed by atoms with Crippen LogP contribution in [0.2, 0.25) is 0 Å². The van der Waals surface area contributed by atoms with Gasteiger partial charge in [0, 0.05) is 62.3 Å². The topological polar surface area (TPSA) is 846 Å². The third-order valence-electron chi connectivity index (χ3n) is 31.4. The molecule has 0 aromatic carbocycles. The fourth-order valence-corrected chi connectivity index (χ4v) is 23.8. The van der Waals surface area contributed by atoms with Gasteiger partial charge in [-0.25, -0.2) is 15.0 Å². The van der Waals surface area contributed by atoms with Crippen molar-refractivity contribution in [1.82, 2.24) is 10.3 Å². The zero-order chi connectivity index (χ0) is 110. The molecule has 8 fully saturated rings. The van der Waals surface area contributed by atoms with Gasteiger partial charge in [0.15, 0.2) is 78.9 Å². The van der Waals surface area contributed by atoms with Crippen LogP contribution in [0.1, 0.15) is 186 Å². The van der Waals surface area contributed by atoms with E-state index in [0.717, 1.165) is 56.9 Å². The average Bonchev–Trinajstić information content (AvgIpc) is 0.702. The Morgan fingerprint density at radius 2 is 1.21 bits per heavy atom. The summed E-state index contributed by atoms with van der Waals surface area (Å²) < 4.78 is 83.3. The number of rotatable bonds is 48. The highest BCUT2D eigenvalue weighted by Crippen LogP contribution is 2.76. The predicted molar refractivity (Wildman–Crippen MR) is 499 cm³/mol. The number of hydrogen-bond donors (Lipinski definition) is 30. The van der Waals surface area contributed by atoms with E-state index in [2.05, 4.69) is 16.6 Å². The van der Waals surface area contributed by atoms with Crippen LogP contribution in [0, 0.1) is 50.7 Å². The number of imide groups is 1. The molecule has 40 unspecified atom stereocenters. The Bertz CT molecular complexity index is 4590. The molecule has 4 saturated carbocycles. The number of aliphatic hydroxyl groups excluding tert-OH is 27. The maximum Gasteiger partial charge on any atom is 0.340 e. The van der Waals surface area contributed by atoms with Crippen molar-refractivity contribution in [3.63, 3.8) is 0 Å². The number of hydrogen-bond acceptors (Lipinski definition) is 50. The van der Waals surface area contributed by atoms with Crippen LogP contribution in [0.5, 0.6) is 0 Å². The average molecular weight is 2150 g/mol. The molecule has 0 aromatic rings. The van der Waals surface area contributed by atoms with Crippen molar-refractivity contribution in [2.45, 2.75) is 419 Å². The number of aliphatic hydroxyl groups is 28. The molecule has 4 saturated heterocycles. The molecule has 53 heteroatoms. The fourth-order valence-electron chi connectivity index (χ4n) is 23.1. The van der Waals surface area contributed by atoms with Crippen molar-refractivity contribution in [3.8, 4) is 0 Å². The molecule has 0 radical (unpaired) electrons. The maximum absolute atomic E-state index is 16.3. The number of ether oxygens (including phenoxy) is 14. The van der Waals surface area contributed by atoms with E-state index >= 15 is 4.79 Å². The lowest BCUT2D eigenvalue weighted by Crippen LogP contribution is -2.69. The van der Waals surface area contributed by atoms with Gasteiger partial charge in [0.05, 0.1) is 54.7 Å². The molecular weight excluding hydrogens is 2000 g/mol. The molecule has 5 aliphatic carbocycles. The summed E-state index contributed by atoms with van der Waals surface area (Å²) in [5, 5.41) is 327. The van der Waals surface area contributed by atoms with Crippen LogP contribution < -0.4 is 5.43 Å². The maximum atomic E-state index is 16.3. The molecule has 5 heterocycles. The van der Waals surface area contributed by atoms with E-state index in [-0.39, 0.29) is 75.2 Å². The van der Waals surface area contributed by atoms with E-state index in [1.54, 1.807) is 6.92 Å². The molecule has 0 spiro atoms. The summed E-state index contributed by atoms with van der Waals surface area (Å²) in [5.41, 5.74) is -4.71.